The van der Waals surface area contributed by atoms with E-state index in [2.05, 4.69) is 27.3 Å². The smallest absolute Gasteiger partial charge is 0.262 e. The van der Waals surface area contributed by atoms with Crippen LogP contribution in [0.2, 0.25) is 0 Å². The van der Waals surface area contributed by atoms with Gasteiger partial charge in [0.25, 0.3) is 5.56 Å². The summed E-state index contributed by atoms with van der Waals surface area (Å²) in [5.41, 5.74) is 0.784. The summed E-state index contributed by atoms with van der Waals surface area (Å²) in [4.78, 5) is 13.0. The molecule has 0 bridgehead atoms. The lowest BCUT2D eigenvalue weighted by Gasteiger charge is -2.10. The van der Waals surface area contributed by atoms with Crippen molar-refractivity contribution in [3.05, 3.63) is 46.4 Å². The van der Waals surface area contributed by atoms with E-state index in [4.69, 9.17) is 4.42 Å². The van der Waals surface area contributed by atoms with Crippen LogP contribution >= 0.6 is 11.8 Å². The summed E-state index contributed by atoms with van der Waals surface area (Å²) in [7, 11) is 0. The standard InChI is InChI=1S/C20H24N6O2S/c1-4-5-8-11-25-18(27)14-9-6-7-10-15(14)26-19(25)23-24-20(26)29-12-16-21-22-17(28-16)13(2)3/h6-7,9-10,13H,4-5,8,11-12H2,1-3H3. The Labute approximate surface area is 172 Å². The summed E-state index contributed by atoms with van der Waals surface area (Å²) < 4.78 is 9.38. The third-order valence-electron chi connectivity index (χ3n) is 4.76. The molecule has 0 radical (unpaired) electrons. The lowest BCUT2D eigenvalue weighted by molar-refractivity contribution is 0.445. The molecule has 152 valence electrons. The van der Waals surface area contributed by atoms with Gasteiger partial charge in [0.2, 0.25) is 17.6 Å². The summed E-state index contributed by atoms with van der Waals surface area (Å²) in [6, 6.07) is 7.59. The molecular weight excluding hydrogens is 388 g/mol. The molecule has 0 unspecified atom stereocenters. The van der Waals surface area contributed by atoms with Crippen molar-refractivity contribution in [2.45, 2.75) is 63.4 Å². The van der Waals surface area contributed by atoms with Gasteiger partial charge in [-0.3, -0.25) is 13.8 Å². The van der Waals surface area contributed by atoms with Crippen molar-refractivity contribution in [3.63, 3.8) is 0 Å². The van der Waals surface area contributed by atoms with Crippen molar-refractivity contribution >= 4 is 28.4 Å². The Hall–Kier alpha value is -2.68. The number of aryl methyl sites for hydroxylation is 1. The summed E-state index contributed by atoms with van der Waals surface area (Å²) in [6.07, 6.45) is 3.09. The van der Waals surface area contributed by atoms with Crippen LogP contribution in [-0.2, 0) is 12.3 Å². The average molecular weight is 413 g/mol. The molecule has 0 atom stereocenters. The van der Waals surface area contributed by atoms with Crippen LogP contribution in [0, 0.1) is 0 Å². The number of rotatable bonds is 8. The number of benzene rings is 1. The molecule has 0 aliphatic heterocycles. The van der Waals surface area contributed by atoms with E-state index in [1.54, 1.807) is 4.57 Å². The minimum atomic E-state index is -0.0216. The highest BCUT2D eigenvalue weighted by atomic mass is 32.2. The van der Waals surface area contributed by atoms with E-state index in [-0.39, 0.29) is 11.5 Å². The van der Waals surface area contributed by atoms with E-state index in [1.165, 1.54) is 11.8 Å². The molecule has 0 N–H and O–H groups in total. The molecule has 0 fully saturated rings. The molecule has 3 aromatic heterocycles. The second-order valence-corrected chi connectivity index (χ2v) is 8.22. The van der Waals surface area contributed by atoms with Crippen molar-refractivity contribution in [1.82, 2.24) is 29.4 Å². The Kier molecular flexibility index (Phi) is 5.66. The second kappa shape index (κ2) is 8.36. The van der Waals surface area contributed by atoms with Crippen LogP contribution in [0.4, 0.5) is 0 Å². The second-order valence-electron chi connectivity index (χ2n) is 7.28. The molecule has 0 spiro atoms. The number of thioether (sulfide) groups is 1. The van der Waals surface area contributed by atoms with Gasteiger partial charge in [-0.1, -0.05) is 57.5 Å². The van der Waals surface area contributed by atoms with Crippen LogP contribution in [0.1, 0.15) is 57.7 Å². The molecule has 9 heteroatoms. The summed E-state index contributed by atoms with van der Waals surface area (Å²) in [5, 5.41) is 18.3. The first-order valence-corrected chi connectivity index (χ1v) is 10.9. The Balaban J connectivity index is 1.74. The first kappa shape index (κ1) is 19.6. The van der Waals surface area contributed by atoms with E-state index < -0.39 is 0 Å². The van der Waals surface area contributed by atoms with Crippen molar-refractivity contribution in [2.24, 2.45) is 0 Å². The number of unbranched alkanes of at least 4 members (excludes halogenated alkanes) is 2. The highest BCUT2D eigenvalue weighted by Crippen LogP contribution is 2.25. The van der Waals surface area contributed by atoms with Crippen molar-refractivity contribution in [1.29, 1.82) is 0 Å². The van der Waals surface area contributed by atoms with Crippen LogP contribution in [-0.4, -0.2) is 29.4 Å². The first-order chi connectivity index (χ1) is 14.1. The number of para-hydroxylation sites is 1. The largest absolute Gasteiger partial charge is 0.424 e. The van der Waals surface area contributed by atoms with Crippen LogP contribution in [0.15, 0.2) is 38.6 Å². The Morgan fingerprint density at radius 3 is 2.69 bits per heavy atom. The molecule has 0 saturated carbocycles. The molecule has 0 amide bonds. The SMILES string of the molecule is CCCCCn1c(=O)c2ccccc2n2c(SCc3nnc(C(C)C)o3)nnc12. The van der Waals surface area contributed by atoms with E-state index in [0.29, 0.717) is 40.4 Å². The third-order valence-corrected chi connectivity index (χ3v) is 5.68. The zero-order valence-corrected chi connectivity index (χ0v) is 17.6. The zero-order chi connectivity index (χ0) is 20.4. The van der Waals surface area contributed by atoms with Crippen LogP contribution < -0.4 is 5.56 Å². The normalized spacial score (nSPS) is 11.9. The molecule has 4 rings (SSSR count). The molecule has 29 heavy (non-hydrogen) atoms. The number of hydrogen-bond acceptors (Lipinski definition) is 7. The monoisotopic (exact) mass is 412 g/mol. The van der Waals surface area contributed by atoms with E-state index in [9.17, 15) is 4.79 Å². The van der Waals surface area contributed by atoms with Gasteiger partial charge in [-0.15, -0.1) is 20.4 Å². The molecule has 4 aromatic rings. The Morgan fingerprint density at radius 2 is 1.93 bits per heavy atom. The van der Waals surface area contributed by atoms with Crippen LogP contribution in [0.5, 0.6) is 0 Å². The number of nitrogens with zero attached hydrogens (tertiary/aromatic N) is 6. The predicted octanol–water partition coefficient (Wildman–Crippen LogP) is 4.03. The lowest BCUT2D eigenvalue weighted by Crippen LogP contribution is -2.23. The summed E-state index contributed by atoms with van der Waals surface area (Å²) in [6.45, 7) is 6.80. The Morgan fingerprint density at radius 1 is 1.10 bits per heavy atom. The molecule has 3 heterocycles. The maximum absolute atomic E-state index is 13.0. The predicted molar refractivity (Wildman–Crippen MR) is 112 cm³/mol. The van der Waals surface area contributed by atoms with Gasteiger partial charge in [-0.05, 0) is 18.6 Å². The van der Waals surface area contributed by atoms with Crippen molar-refractivity contribution < 1.29 is 4.42 Å². The van der Waals surface area contributed by atoms with Gasteiger partial charge >= 0.3 is 0 Å². The van der Waals surface area contributed by atoms with E-state index in [0.717, 1.165) is 24.8 Å². The van der Waals surface area contributed by atoms with Gasteiger partial charge in [0.15, 0.2) is 5.16 Å². The quantitative estimate of drug-likeness (QED) is 0.319. The topological polar surface area (TPSA) is 91.1 Å². The highest BCUT2D eigenvalue weighted by molar-refractivity contribution is 7.98. The minimum Gasteiger partial charge on any atom is -0.424 e. The number of fused-ring (bicyclic) bond motifs is 3. The fourth-order valence-electron chi connectivity index (χ4n) is 3.23. The fourth-order valence-corrected chi connectivity index (χ4v) is 4.01. The van der Waals surface area contributed by atoms with Gasteiger partial charge in [0.1, 0.15) is 0 Å². The summed E-state index contributed by atoms with van der Waals surface area (Å²) >= 11 is 1.47. The Bertz CT molecular complexity index is 1190. The lowest BCUT2D eigenvalue weighted by atomic mass is 10.2. The van der Waals surface area contributed by atoms with E-state index >= 15 is 0 Å². The molecule has 0 aliphatic rings. The molecule has 8 nitrogen and oxygen atoms in total. The van der Waals surface area contributed by atoms with Crippen molar-refractivity contribution in [3.8, 4) is 0 Å². The minimum absolute atomic E-state index is 0.0216. The molecule has 0 aliphatic carbocycles. The molecule has 1 aromatic carbocycles. The number of aromatic nitrogens is 6. The van der Waals surface area contributed by atoms with Crippen LogP contribution in [0.3, 0.4) is 0 Å². The van der Waals surface area contributed by atoms with Gasteiger partial charge in [0.05, 0.1) is 16.7 Å². The fraction of sp³-hybridized carbons (Fsp3) is 0.450. The highest BCUT2D eigenvalue weighted by Gasteiger charge is 2.18. The average Bonchev–Trinajstić information content (AvgIpc) is 3.36. The maximum atomic E-state index is 13.0. The molecule has 0 saturated heterocycles. The van der Waals surface area contributed by atoms with Gasteiger partial charge in [0, 0.05) is 12.5 Å². The zero-order valence-electron chi connectivity index (χ0n) is 16.8. The third kappa shape index (κ3) is 3.78. The van der Waals surface area contributed by atoms with E-state index in [1.807, 2.05) is 42.5 Å². The number of hydrogen-bond donors (Lipinski definition) is 0. The molecular formula is C20H24N6O2S. The maximum Gasteiger partial charge on any atom is 0.262 e. The van der Waals surface area contributed by atoms with Gasteiger partial charge < -0.3 is 4.42 Å². The van der Waals surface area contributed by atoms with Gasteiger partial charge in [-0.25, -0.2) is 0 Å². The van der Waals surface area contributed by atoms with Gasteiger partial charge in [-0.2, -0.15) is 0 Å². The van der Waals surface area contributed by atoms with Crippen LogP contribution in [0.25, 0.3) is 16.7 Å². The van der Waals surface area contributed by atoms with Crippen molar-refractivity contribution in [2.75, 3.05) is 0 Å². The summed E-state index contributed by atoms with van der Waals surface area (Å²) in [5.74, 6) is 2.43. The first-order valence-electron chi connectivity index (χ1n) is 9.92.